The zero-order valence-electron chi connectivity index (χ0n) is 49.3. The minimum atomic E-state index is -1.38. The van der Waals surface area contributed by atoms with Gasteiger partial charge in [-0.3, -0.25) is 33.6 Å². The number of carboxylic acids is 1. The van der Waals surface area contributed by atoms with E-state index in [1.165, 1.54) is 14.2 Å². The van der Waals surface area contributed by atoms with Crippen molar-refractivity contribution in [3.63, 3.8) is 0 Å². The molecule has 0 aliphatic rings. The summed E-state index contributed by atoms with van der Waals surface area (Å²) in [7, 11) is 3.55. The summed E-state index contributed by atoms with van der Waals surface area (Å²) in [5, 5.41) is 18.5. The normalized spacial score (nSPS) is 11.6. The van der Waals surface area contributed by atoms with Gasteiger partial charge in [-0.2, -0.15) is 11.0 Å². The van der Waals surface area contributed by atoms with Crippen LogP contribution in [0.1, 0.15) is 71.9 Å². The molecular formula is C53H84ClN7O24. The maximum atomic E-state index is 12.4. The first kappa shape index (κ1) is 79.4. The Kier molecular flexibility index (Phi) is 44.5. The van der Waals surface area contributed by atoms with Crippen molar-refractivity contribution in [2.45, 2.75) is 103 Å². The zero-order chi connectivity index (χ0) is 63.2. The van der Waals surface area contributed by atoms with E-state index in [0.29, 0.717) is 13.2 Å². The third-order valence-corrected chi connectivity index (χ3v) is 9.38. The predicted octanol–water partition coefficient (Wildman–Crippen LogP) is 2.28. The molecule has 0 aromatic heterocycles. The first-order chi connectivity index (χ1) is 39.8. The van der Waals surface area contributed by atoms with E-state index >= 15 is 0 Å². The third kappa shape index (κ3) is 47.4. The molecule has 2 aromatic rings. The highest BCUT2D eigenvalue weighted by Gasteiger charge is 2.26. The minimum Gasteiger partial charge on any atom is -0.480 e. The van der Waals surface area contributed by atoms with Crippen LogP contribution in [0.4, 0.5) is 19.2 Å². The number of nitrogens with two attached hydrogens (primary N) is 1. The molecule has 6 amide bonds. The smallest absolute Gasteiger partial charge is 0.431 e. The van der Waals surface area contributed by atoms with E-state index < -0.39 is 95.8 Å². The van der Waals surface area contributed by atoms with Crippen molar-refractivity contribution in [1.29, 1.82) is 0 Å². The van der Waals surface area contributed by atoms with E-state index in [-0.39, 0.29) is 104 Å². The van der Waals surface area contributed by atoms with Crippen LogP contribution in [0.25, 0.3) is 0 Å². The number of hydroxylamine groups is 2. The highest BCUT2D eigenvalue weighted by Crippen LogP contribution is 2.08. The number of hydrogen-bond acceptors (Lipinski definition) is 24. The molecule has 9 N–H and O–H groups in total. The first-order valence-corrected chi connectivity index (χ1v) is 26.0. The standard InChI is InChI=1S/C24H37N3O10.C16H31N3O8.C13H15NO6.ClH/c1-24(2,3)37-23(31)27-36-15-14-34-13-12-33-11-10-25-21(29)19(16-20(28)32-4)26-22(30)35-17-18-8-6-5-7-9-18;1-16(2,3)27-15(22)19-26-10-9-25-8-7-24-6-5-18-14(21)12(17)11-13(20)23-4;1-19-11(15)7-10(12(16)17)14-13(18)20-8-9-5-3-2-4-6-9;/h5-9,19H,10-17H2,1-4H3,(H,25,29)(H,26,30)(H,27,31);12H,5-11,17H2,1-4H3,(H,18,21)(H,19,22);2-6,10H,7-8H2,1H3,(H,14,18)(H,16,17);1H. The molecule has 0 heterocycles. The summed E-state index contributed by atoms with van der Waals surface area (Å²) in [6.45, 7) is 13.3. The van der Waals surface area contributed by atoms with Gasteiger partial charge in [-0.1, -0.05) is 60.7 Å². The molecular weight excluding hydrogens is 1150 g/mol. The molecule has 85 heavy (non-hydrogen) atoms. The van der Waals surface area contributed by atoms with Crippen molar-refractivity contribution in [3.8, 4) is 0 Å². The van der Waals surface area contributed by atoms with Crippen molar-refractivity contribution >= 4 is 72.5 Å². The number of rotatable bonds is 35. The second-order valence-corrected chi connectivity index (χ2v) is 18.7. The van der Waals surface area contributed by atoms with Gasteiger partial charge in [0.1, 0.15) is 36.5 Å². The Balaban J connectivity index is 0. The number of hydrogen-bond donors (Lipinski definition) is 8. The molecule has 3 unspecified atom stereocenters. The predicted molar refractivity (Wildman–Crippen MR) is 300 cm³/mol. The Morgan fingerprint density at radius 1 is 0.471 bits per heavy atom. The number of ether oxygens (including phenoxy) is 11. The van der Waals surface area contributed by atoms with Crippen molar-refractivity contribution in [1.82, 2.24) is 32.2 Å². The molecule has 0 saturated carbocycles. The van der Waals surface area contributed by atoms with Crippen molar-refractivity contribution < 1.29 is 115 Å². The number of esters is 3. The van der Waals surface area contributed by atoms with E-state index in [9.17, 15) is 47.9 Å². The lowest BCUT2D eigenvalue weighted by Gasteiger charge is -2.19. The van der Waals surface area contributed by atoms with Crippen LogP contribution < -0.4 is 38.0 Å². The highest BCUT2D eigenvalue weighted by atomic mass is 35.5. The van der Waals surface area contributed by atoms with Gasteiger partial charge in [0.25, 0.3) is 0 Å². The van der Waals surface area contributed by atoms with E-state index in [1.54, 1.807) is 90.1 Å². The lowest BCUT2D eigenvalue weighted by Crippen LogP contribution is -2.48. The van der Waals surface area contributed by atoms with Gasteiger partial charge in [0.2, 0.25) is 11.8 Å². The highest BCUT2D eigenvalue weighted by molar-refractivity contribution is 5.90. The SMILES string of the molecule is COC(=O)CC(N)C(=O)NCCOCCOCCONC(=O)OC(C)(C)C.COC(=O)CC(NC(=O)OCc1ccccc1)C(=O)NCCOCCOCCONC(=O)OC(C)(C)C.COC(=O)CC(NC(=O)OCc1ccccc1)C(=O)O.Cl. The van der Waals surface area contributed by atoms with E-state index in [1.807, 2.05) is 12.1 Å². The van der Waals surface area contributed by atoms with Gasteiger partial charge in [-0.15, -0.1) is 12.4 Å². The molecule has 0 radical (unpaired) electrons. The van der Waals surface area contributed by atoms with E-state index in [2.05, 4.69) is 46.4 Å². The van der Waals surface area contributed by atoms with Crippen molar-refractivity contribution in [2.24, 2.45) is 5.73 Å². The number of amides is 6. The van der Waals surface area contributed by atoms with Crippen molar-refractivity contribution in [3.05, 3.63) is 71.8 Å². The van der Waals surface area contributed by atoms with Gasteiger partial charge in [-0.05, 0) is 52.7 Å². The Morgan fingerprint density at radius 2 is 0.812 bits per heavy atom. The molecule has 0 saturated heterocycles. The molecule has 31 nitrogen and oxygen atoms in total. The average molecular weight is 1240 g/mol. The van der Waals surface area contributed by atoms with Crippen LogP contribution >= 0.6 is 12.4 Å². The van der Waals surface area contributed by atoms with Gasteiger partial charge < -0.3 is 84.2 Å². The number of alkyl carbamates (subject to hydrolysis) is 2. The number of benzene rings is 2. The Labute approximate surface area is 499 Å². The first-order valence-electron chi connectivity index (χ1n) is 26.0. The number of carbonyl (C=O) groups is 10. The summed E-state index contributed by atoms with van der Waals surface area (Å²) >= 11 is 0. The molecule has 0 fully saturated rings. The van der Waals surface area contributed by atoms with Crippen LogP contribution in [0.5, 0.6) is 0 Å². The number of nitrogens with one attached hydrogen (secondary N) is 6. The fraction of sp³-hybridized carbons (Fsp3) is 0.585. The molecule has 2 rings (SSSR count). The van der Waals surface area contributed by atoms with Crippen molar-refractivity contribution in [2.75, 3.05) is 100 Å². The summed E-state index contributed by atoms with van der Waals surface area (Å²) in [5.74, 6) is -4.32. The third-order valence-electron chi connectivity index (χ3n) is 9.38. The molecule has 482 valence electrons. The fourth-order valence-electron chi connectivity index (χ4n) is 5.49. The lowest BCUT2D eigenvalue weighted by atomic mass is 10.2. The quantitative estimate of drug-likeness (QED) is 0.0212. The summed E-state index contributed by atoms with van der Waals surface area (Å²) < 4.78 is 54.5. The molecule has 0 spiro atoms. The molecule has 0 aliphatic carbocycles. The molecule has 0 aliphatic heterocycles. The monoisotopic (exact) mass is 1240 g/mol. The van der Waals surface area contributed by atoms with E-state index in [4.69, 9.17) is 58.4 Å². The number of halogens is 1. The average Bonchev–Trinajstić information content (AvgIpc) is 3.45. The number of methoxy groups -OCH3 is 3. The summed E-state index contributed by atoms with van der Waals surface area (Å²) in [6, 6.07) is 14.4. The second kappa shape index (κ2) is 47.7. The maximum Gasteiger partial charge on any atom is 0.431 e. The lowest BCUT2D eigenvalue weighted by molar-refractivity contribution is -0.147. The Morgan fingerprint density at radius 3 is 1.19 bits per heavy atom. The van der Waals surface area contributed by atoms with Crippen LogP contribution in [0.15, 0.2) is 60.7 Å². The van der Waals surface area contributed by atoms with Crippen LogP contribution in [-0.4, -0.2) is 195 Å². The van der Waals surface area contributed by atoms with Crippen LogP contribution in [-0.2, 0) is 104 Å². The Hall–Kier alpha value is -7.65. The van der Waals surface area contributed by atoms with Gasteiger partial charge in [0.05, 0.1) is 113 Å². The maximum absolute atomic E-state index is 12.4. The Bertz CT molecular complexity index is 2240. The summed E-state index contributed by atoms with van der Waals surface area (Å²) in [6.07, 6.45) is -4.11. The topological polar surface area (TPSA) is 409 Å². The van der Waals surface area contributed by atoms with Gasteiger partial charge >= 0.3 is 48.3 Å². The fourth-order valence-corrected chi connectivity index (χ4v) is 5.49. The molecule has 0 bridgehead atoms. The number of carboxylic acid groups (broad SMARTS) is 1. The van der Waals surface area contributed by atoms with Crippen LogP contribution in [0.2, 0.25) is 0 Å². The summed E-state index contributed by atoms with van der Waals surface area (Å²) in [5.41, 5.74) is 10.2. The van der Waals surface area contributed by atoms with Gasteiger partial charge in [0.15, 0.2) is 0 Å². The summed E-state index contributed by atoms with van der Waals surface area (Å²) in [4.78, 5) is 125. The van der Waals surface area contributed by atoms with E-state index in [0.717, 1.165) is 18.2 Å². The van der Waals surface area contributed by atoms with Crippen LogP contribution in [0, 0.1) is 0 Å². The number of aliphatic carboxylic acids is 1. The molecule has 2 aromatic carbocycles. The molecule has 32 heteroatoms. The number of carbonyl (C=O) groups excluding carboxylic acids is 9. The van der Waals surface area contributed by atoms with Gasteiger partial charge in [0, 0.05) is 13.1 Å². The largest absolute Gasteiger partial charge is 0.480 e. The zero-order valence-corrected chi connectivity index (χ0v) is 50.2. The molecule has 3 atom stereocenters. The van der Waals surface area contributed by atoms with Crippen LogP contribution in [0.3, 0.4) is 0 Å². The van der Waals surface area contributed by atoms with Gasteiger partial charge in [-0.25, -0.2) is 24.0 Å². The minimum absolute atomic E-state index is 0. The second-order valence-electron chi connectivity index (χ2n) is 18.7.